The summed E-state index contributed by atoms with van der Waals surface area (Å²) in [4.78, 5) is 13.3. The van der Waals surface area contributed by atoms with Crippen molar-refractivity contribution in [2.75, 3.05) is 26.4 Å². The highest BCUT2D eigenvalue weighted by Crippen LogP contribution is 2.31. The molecule has 6 nitrogen and oxygen atoms in total. The molecule has 2 atom stereocenters. The van der Waals surface area contributed by atoms with Crippen LogP contribution in [0.3, 0.4) is 0 Å². The standard InChI is InChI=1S/C17H19NO5S/c19-7-8-21-14(16-6-3-9-24-16)10-18-17(20)15-11-22-12-4-1-2-5-13(12)23-15/h1-6,9,14-15,19H,7-8,10-11H2,(H,18,20)/t14-,15+/m1/s1. The van der Waals surface area contributed by atoms with Gasteiger partial charge in [0, 0.05) is 11.4 Å². The number of fused-ring (bicyclic) bond motifs is 1. The Kier molecular flexibility index (Phi) is 5.68. The number of carbonyl (C=O) groups is 1. The number of ether oxygens (including phenoxy) is 3. The van der Waals surface area contributed by atoms with Gasteiger partial charge in [-0.15, -0.1) is 11.3 Å². The highest BCUT2D eigenvalue weighted by Gasteiger charge is 2.27. The summed E-state index contributed by atoms with van der Waals surface area (Å²) in [5, 5.41) is 13.7. The van der Waals surface area contributed by atoms with Crippen LogP contribution in [0.2, 0.25) is 0 Å². The molecule has 24 heavy (non-hydrogen) atoms. The molecule has 0 bridgehead atoms. The van der Waals surface area contributed by atoms with E-state index in [2.05, 4.69) is 5.32 Å². The number of hydrogen-bond acceptors (Lipinski definition) is 6. The van der Waals surface area contributed by atoms with Crippen molar-refractivity contribution in [3.63, 3.8) is 0 Å². The van der Waals surface area contributed by atoms with Crippen LogP contribution < -0.4 is 14.8 Å². The second-order valence-electron chi connectivity index (χ2n) is 5.21. The Labute approximate surface area is 144 Å². The third-order valence-corrected chi connectivity index (χ3v) is 4.50. The summed E-state index contributed by atoms with van der Waals surface area (Å²) in [6.45, 7) is 0.631. The molecule has 0 saturated carbocycles. The zero-order valence-corrected chi connectivity index (χ0v) is 13.8. The van der Waals surface area contributed by atoms with Gasteiger partial charge in [-0.05, 0) is 23.6 Å². The van der Waals surface area contributed by atoms with E-state index in [1.807, 2.05) is 29.6 Å². The number of nitrogens with one attached hydrogen (secondary N) is 1. The predicted molar refractivity (Wildman–Crippen MR) is 89.5 cm³/mol. The van der Waals surface area contributed by atoms with Crippen LogP contribution in [-0.2, 0) is 9.53 Å². The number of hydrogen-bond donors (Lipinski definition) is 2. The number of carbonyl (C=O) groups excluding carboxylic acids is 1. The van der Waals surface area contributed by atoms with Crippen molar-refractivity contribution >= 4 is 17.2 Å². The monoisotopic (exact) mass is 349 g/mol. The summed E-state index contributed by atoms with van der Waals surface area (Å²) in [7, 11) is 0. The normalized spacial score (nSPS) is 17.3. The van der Waals surface area contributed by atoms with E-state index in [1.165, 1.54) is 0 Å². The van der Waals surface area contributed by atoms with Crippen molar-refractivity contribution in [1.82, 2.24) is 5.32 Å². The summed E-state index contributed by atoms with van der Waals surface area (Å²) in [5.74, 6) is 0.957. The maximum absolute atomic E-state index is 12.3. The Morgan fingerprint density at radius 3 is 2.92 bits per heavy atom. The molecule has 0 radical (unpaired) electrons. The molecule has 1 aromatic heterocycles. The number of para-hydroxylation sites is 2. The third kappa shape index (κ3) is 4.05. The Bertz CT molecular complexity index is 661. The molecule has 3 rings (SSSR count). The molecule has 2 heterocycles. The van der Waals surface area contributed by atoms with Gasteiger partial charge in [0.2, 0.25) is 6.10 Å². The van der Waals surface area contributed by atoms with Crippen molar-refractivity contribution in [3.05, 3.63) is 46.7 Å². The number of thiophene rings is 1. The van der Waals surface area contributed by atoms with E-state index >= 15 is 0 Å². The van der Waals surface area contributed by atoms with Crippen LogP contribution in [0, 0.1) is 0 Å². The third-order valence-electron chi connectivity index (χ3n) is 3.53. The SMILES string of the molecule is O=C(NC[C@@H](OCCO)c1cccs1)[C@@H]1COc2ccccc2O1. The topological polar surface area (TPSA) is 77.0 Å². The molecular weight excluding hydrogens is 330 g/mol. The molecule has 0 aliphatic carbocycles. The molecular formula is C17H19NO5S. The molecule has 0 saturated heterocycles. The van der Waals surface area contributed by atoms with E-state index in [1.54, 1.807) is 23.5 Å². The quantitative estimate of drug-likeness (QED) is 0.796. The minimum atomic E-state index is -0.693. The lowest BCUT2D eigenvalue weighted by Crippen LogP contribution is -2.45. The van der Waals surface area contributed by atoms with Gasteiger partial charge >= 0.3 is 0 Å². The first-order valence-corrected chi connectivity index (χ1v) is 8.58. The van der Waals surface area contributed by atoms with Crippen molar-refractivity contribution in [2.45, 2.75) is 12.2 Å². The molecule has 7 heteroatoms. The zero-order chi connectivity index (χ0) is 16.8. The Balaban J connectivity index is 1.56. The van der Waals surface area contributed by atoms with E-state index in [9.17, 15) is 4.79 Å². The van der Waals surface area contributed by atoms with E-state index in [0.29, 0.717) is 18.0 Å². The fourth-order valence-corrected chi connectivity index (χ4v) is 3.14. The number of amides is 1. The number of rotatable bonds is 7. The molecule has 128 valence electrons. The molecule has 2 aromatic rings. The Morgan fingerprint density at radius 2 is 2.17 bits per heavy atom. The zero-order valence-electron chi connectivity index (χ0n) is 13.0. The Morgan fingerprint density at radius 1 is 1.33 bits per heavy atom. The first-order chi connectivity index (χ1) is 11.8. The second-order valence-corrected chi connectivity index (χ2v) is 6.19. The van der Waals surface area contributed by atoms with E-state index in [0.717, 1.165) is 4.88 Å². The smallest absolute Gasteiger partial charge is 0.264 e. The Hall–Kier alpha value is -2.09. The van der Waals surface area contributed by atoms with Crippen LogP contribution in [0.4, 0.5) is 0 Å². The first-order valence-electron chi connectivity index (χ1n) is 7.70. The lowest BCUT2D eigenvalue weighted by Gasteiger charge is -2.26. The van der Waals surface area contributed by atoms with Crippen molar-refractivity contribution in [2.24, 2.45) is 0 Å². The fraction of sp³-hybridized carbons (Fsp3) is 0.353. The summed E-state index contributed by atoms with van der Waals surface area (Å²) < 4.78 is 16.8. The minimum Gasteiger partial charge on any atom is -0.485 e. The minimum absolute atomic E-state index is 0.0633. The molecule has 1 aromatic carbocycles. The van der Waals surface area contributed by atoms with Crippen LogP contribution in [0.1, 0.15) is 11.0 Å². The number of aliphatic hydroxyl groups excluding tert-OH is 1. The van der Waals surface area contributed by atoms with Crippen molar-refractivity contribution < 1.29 is 24.1 Å². The predicted octanol–water partition coefficient (Wildman–Crippen LogP) is 1.75. The summed E-state index contributed by atoms with van der Waals surface area (Å²) in [5.41, 5.74) is 0. The maximum atomic E-state index is 12.3. The number of aliphatic hydroxyl groups is 1. The van der Waals surface area contributed by atoms with E-state index < -0.39 is 6.10 Å². The van der Waals surface area contributed by atoms with Gasteiger partial charge in [0.15, 0.2) is 11.5 Å². The lowest BCUT2D eigenvalue weighted by atomic mass is 10.2. The van der Waals surface area contributed by atoms with Crippen LogP contribution >= 0.6 is 11.3 Å². The van der Waals surface area contributed by atoms with Gasteiger partial charge in [-0.2, -0.15) is 0 Å². The van der Waals surface area contributed by atoms with Gasteiger partial charge in [-0.25, -0.2) is 0 Å². The van der Waals surface area contributed by atoms with Gasteiger partial charge in [0.25, 0.3) is 5.91 Å². The van der Waals surface area contributed by atoms with E-state index in [4.69, 9.17) is 19.3 Å². The molecule has 1 aliphatic rings. The summed E-state index contributed by atoms with van der Waals surface area (Å²) in [6, 6.07) is 11.1. The molecule has 0 spiro atoms. The average molecular weight is 349 g/mol. The van der Waals surface area contributed by atoms with Crippen molar-refractivity contribution in [3.8, 4) is 11.5 Å². The van der Waals surface area contributed by atoms with Crippen LogP contribution in [0.15, 0.2) is 41.8 Å². The van der Waals surface area contributed by atoms with Crippen LogP contribution in [0.25, 0.3) is 0 Å². The lowest BCUT2D eigenvalue weighted by molar-refractivity contribution is -0.131. The molecule has 1 aliphatic heterocycles. The first kappa shape index (κ1) is 16.8. The summed E-state index contributed by atoms with van der Waals surface area (Å²) >= 11 is 1.55. The highest BCUT2D eigenvalue weighted by atomic mass is 32.1. The molecule has 0 unspecified atom stereocenters. The maximum Gasteiger partial charge on any atom is 0.264 e. The van der Waals surface area contributed by atoms with Crippen molar-refractivity contribution in [1.29, 1.82) is 0 Å². The van der Waals surface area contributed by atoms with Gasteiger partial charge in [0.1, 0.15) is 12.7 Å². The highest BCUT2D eigenvalue weighted by molar-refractivity contribution is 7.10. The second kappa shape index (κ2) is 8.14. The van der Waals surface area contributed by atoms with Gasteiger partial charge < -0.3 is 24.6 Å². The van der Waals surface area contributed by atoms with E-state index in [-0.39, 0.29) is 31.8 Å². The summed E-state index contributed by atoms with van der Waals surface area (Å²) in [6.07, 6.45) is -0.986. The van der Waals surface area contributed by atoms with Gasteiger partial charge in [0.05, 0.1) is 13.2 Å². The number of benzene rings is 1. The van der Waals surface area contributed by atoms with Gasteiger partial charge in [-0.1, -0.05) is 18.2 Å². The molecule has 1 amide bonds. The fourth-order valence-electron chi connectivity index (χ4n) is 2.37. The molecule has 0 fully saturated rings. The average Bonchev–Trinajstić information content (AvgIpc) is 3.15. The molecule has 2 N–H and O–H groups in total. The largest absolute Gasteiger partial charge is 0.485 e. The van der Waals surface area contributed by atoms with Crippen LogP contribution in [-0.4, -0.2) is 43.5 Å². The van der Waals surface area contributed by atoms with Crippen LogP contribution in [0.5, 0.6) is 11.5 Å². The van der Waals surface area contributed by atoms with Gasteiger partial charge in [-0.3, -0.25) is 4.79 Å².